The molecule has 1 rings (SSSR count). The molecule has 0 heterocycles. The molecule has 0 fully saturated rings. The standard InChI is InChI=1S/C10H13NO3/c1-2-9(12)8-5-6(11)3-4-7(8)10(13)14/h3-5,9,12H,2,11H2,1H3,(H,13,14). The molecule has 0 amide bonds. The third kappa shape index (κ3) is 2.03. The van der Waals surface area contributed by atoms with Crippen LogP contribution >= 0.6 is 0 Å². The van der Waals surface area contributed by atoms with Gasteiger partial charge in [-0.2, -0.15) is 0 Å². The van der Waals surface area contributed by atoms with Gasteiger partial charge in [0.05, 0.1) is 11.7 Å². The number of aromatic carboxylic acids is 1. The molecule has 0 aliphatic heterocycles. The normalized spacial score (nSPS) is 12.4. The van der Waals surface area contributed by atoms with Gasteiger partial charge in [-0.25, -0.2) is 4.79 Å². The summed E-state index contributed by atoms with van der Waals surface area (Å²) in [6, 6.07) is 4.42. The van der Waals surface area contributed by atoms with Gasteiger partial charge >= 0.3 is 5.97 Å². The van der Waals surface area contributed by atoms with Crippen LogP contribution in [0.2, 0.25) is 0 Å². The molecule has 1 aromatic carbocycles. The molecule has 76 valence electrons. The molecule has 0 aromatic heterocycles. The molecule has 0 spiro atoms. The largest absolute Gasteiger partial charge is 0.478 e. The Labute approximate surface area is 82.0 Å². The van der Waals surface area contributed by atoms with E-state index in [9.17, 15) is 9.90 Å². The number of carbonyl (C=O) groups is 1. The lowest BCUT2D eigenvalue weighted by Crippen LogP contribution is -2.07. The quantitative estimate of drug-likeness (QED) is 0.637. The van der Waals surface area contributed by atoms with Crippen molar-refractivity contribution in [3.63, 3.8) is 0 Å². The summed E-state index contributed by atoms with van der Waals surface area (Å²) in [6.07, 6.45) is -0.311. The molecule has 1 atom stereocenters. The Morgan fingerprint density at radius 3 is 2.71 bits per heavy atom. The summed E-state index contributed by atoms with van der Waals surface area (Å²) in [7, 11) is 0. The number of aliphatic hydroxyl groups excluding tert-OH is 1. The Balaban J connectivity index is 3.22. The second kappa shape index (κ2) is 4.11. The van der Waals surface area contributed by atoms with E-state index < -0.39 is 12.1 Å². The fourth-order valence-electron chi connectivity index (χ4n) is 1.27. The summed E-state index contributed by atoms with van der Waals surface area (Å²) in [5.41, 5.74) is 6.45. The minimum absolute atomic E-state index is 0.105. The number of nitrogens with two attached hydrogens (primary N) is 1. The molecule has 0 aliphatic carbocycles. The maximum atomic E-state index is 10.8. The zero-order chi connectivity index (χ0) is 10.7. The van der Waals surface area contributed by atoms with Crippen LogP contribution in [0.3, 0.4) is 0 Å². The van der Waals surface area contributed by atoms with Crippen LogP contribution in [-0.2, 0) is 0 Å². The molecular formula is C10H13NO3. The third-order valence-corrected chi connectivity index (χ3v) is 2.05. The van der Waals surface area contributed by atoms with Gasteiger partial charge in [-0.15, -0.1) is 0 Å². The predicted molar refractivity (Wildman–Crippen MR) is 53.1 cm³/mol. The van der Waals surface area contributed by atoms with Crippen LogP contribution in [-0.4, -0.2) is 16.2 Å². The molecule has 0 radical (unpaired) electrons. The van der Waals surface area contributed by atoms with Gasteiger partial charge in [-0.1, -0.05) is 6.92 Å². The summed E-state index contributed by atoms with van der Waals surface area (Å²) in [5, 5.41) is 18.4. The van der Waals surface area contributed by atoms with Crippen molar-refractivity contribution in [2.45, 2.75) is 19.4 Å². The zero-order valence-electron chi connectivity index (χ0n) is 7.90. The lowest BCUT2D eigenvalue weighted by atomic mass is 10.00. The topological polar surface area (TPSA) is 83.5 Å². The number of hydrogen-bond donors (Lipinski definition) is 3. The molecule has 1 unspecified atom stereocenters. The molecule has 0 aliphatic rings. The molecule has 4 N–H and O–H groups in total. The summed E-state index contributed by atoms with van der Waals surface area (Å²) in [6.45, 7) is 1.78. The highest BCUT2D eigenvalue weighted by molar-refractivity contribution is 5.90. The van der Waals surface area contributed by atoms with Gasteiger partial charge in [0.2, 0.25) is 0 Å². The van der Waals surface area contributed by atoms with Crippen molar-refractivity contribution in [3.8, 4) is 0 Å². The smallest absolute Gasteiger partial charge is 0.336 e. The molecule has 0 saturated carbocycles. The monoisotopic (exact) mass is 195 g/mol. The van der Waals surface area contributed by atoms with Crippen molar-refractivity contribution in [2.24, 2.45) is 0 Å². The number of hydrogen-bond acceptors (Lipinski definition) is 3. The van der Waals surface area contributed by atoms with Crippen molar-refractivity contribution in [1.29, 1.82) is 0 Å². The Hall–Kier alpha value is -1.55. The highest BCUT2D eigenvalue weighted by atomic mass is 16.4. The van der Waals surface area contributed by atoms with E-state index in [2.05, 4.69) is 0 Å². The highest BCUT2D eigenvalue weighted by Gasteiger charge is 2.15. The number of carboxylic acid groups (broad SMARTS) is 1. The number of benzene rings is 1. The van der Waals surface area contributed by atoms with Crippen LogP contribution in [0.25, 0.3) is 0 Å². The molecule has 0 bridgehead atoms. The number of aliphatic hydroxyl groups is 1. The second-order valence-electron chi connectivity index (χ2n) is 3.08. The molecule has 4 heteroatoms. The van der Waals surface area contributed by atoms with E-state index >= 15 is 0 Å². The van der Waals surface area contributed by atoms with E-state index in [1.807, 2.05) is 0 Å². The number of nitrogen functional groups attached to an aromatic ring is 1. The van der Waals surface area contributed by atoms with Crippen molar-refractivity contribution >= 4 is 11.7 Å². The summed E-state index contributed by atoms with van der Waals surface area (Å²) in [5.74, 6) is -1.05. The van der Waals surface area contributed by atoms with Crippen molar-refractivity contribution in [2.75, 3.05) is 5.73 Å². The predicted octanol–water partition coefficient (Wildman–Crippen LogP) is 1.41. The molecule has 1 aromatic rings. The molecule has 4 nitrogen and oxygen atoms in total. The Bertz CT molecular complexity index is 349. The third-order valence-electron chi connectivity index (χ3n) is 2.05. The molecule has 0 saturated heterocycles. The van der Waals surface area contributed by atoms with Gasteiger partial charge < -0.3 is 15.9 Å². The Kier molecular flexibility index (Phi) is 3.09. The van der Waals surface area contributed by atoms with E-state index in [0.29, 0.717) is 17.7 Å². The van der Waals surface area contributed by atoms with E-state index in [1.54, 1.807) is 6.92 Å². The first kappa shape index (κ1) is 10.5. The van der Waals surface area contributed by atoms with Crippen LogP contribution in [0, 0.1) is 0 Å². The van der Waals surface area contributed by atoms with Crippen LogP contribution < -0.4 is 5.73 Å². The van der Waals surface area contributed by atoms with Crippen LogP contribution in [0.5, 0.6) is 0 Å². The number of carboxylic acids is 1. The summed E-state index contributed by atoms with van der Waals surface area (Å²) in [4.78, 5) is 10.8. The molecule has 14 heavy (non-hydrogen) atoms. The van der Waals surface area contributed by atoms with Crippen molar-refractivity contribution in [3.05, 3.63) is 29.3 Å². The van der Waals surface area contributed by atoms with E-state index in [1.165, 1.54) is 18.2 Å². The first-order valence-electron chi connectivity index (χ1n) is 4.37. The van der Waals surface area contributed by atoms with Gasteiger partial charge in [0.25, 0.3) is 0 Å². The lowest BCUT2D eigenvalue weighted by Gasteiger charge is -2.11. The van der Waals surface area contributed by atoms with Crippen molar-refractivity contribution in [1.82, 2.24) is 0 Å². The first-order valence-corrected chi connectivity index (χ1v) is 4.37. The van der Waals surface area contributed by atoms with Gasteiger partial charge in [-0.3, -0.25) is 0 Å². The number of anilines is 1. The highest BCUT2D eigenvalue weighted by Crippen LogP contribution is 2.23. The van der Waals surface area contributed by atoms with Gasteiger partial charge in [0.1, 0.15) is 0 Å². The van der Waals surface area contributed by atoms with E-state index in [0.717, 1.165) is 0 Å². The second-order valence-corrected chi connectivity index (χ2v) is 3.08. The average molecular weight is 195 g/mol. The lowest BCUT2D eigenvalue weighted by molar-refractivity contribution is 0.0688. The van der Waals surface area contributed by atoms with Gasteiger partial charge in [0, 0.05) is 5.69 Å². The number of rotatable bonds is 3. The SMILES string of the molecule is CCC(O)c1cc(N)ccc1C(=O)O. The fourth-order valence-corrected chi connectivity index (χ4v) is 1.27. The average Bonchev–Trinajstić information content (AvgIpc) is 2.16. The Morgan fingerprint density at radius 1 is 1.57 bits per heavy atom. The van der Waals surface area contributed by atoms with Crippen LogP contribution in [0.15, 0.2) is 18.2 Å². The maximum Gasteiger partial charge on any atom is 0.336 e. The van der Waals surface area contributed by atoms with Crippen LogP contribution in [0.4, 0.5) is 5.69 Å². The Morgan fingerprint density at radius 2 is 2.21 bits per heavy atom. The molecular weight excluding hydrogens is 182 g/mol. The van der Waals surface area contributed by atoms with Gasteiger partial charge in [0.15, 0.2) is 0 Å². The van der Waals surface area contributed by atoms with Crippen molar-refractivity contribution < 1.29 is 15.0 Å². The fraction of sp³-hybridized carbons (Fsp3) is 0.300. The van der Waals surface area contributed by atoms with Crippen LogP contribution in [0.1, 0.15) is 35.4 Å². The summed E-state index contributed by atoms with van der Waals surface area (Å²) < 4.78 is 0. The van der Waals surface area contributed by atoms with Gasteiger partial charge in [-0.05, 0) is 30.2 Å². The maximum absolute atomic E-state index is 10.8. The minimum Gasteiger partial charge on any atom is -0.478 e. The van der Waals surface area contributed by atoms with E-state index in [4.69, 9.17) is 10.8 Å². The summed E-state index contributed by atoms with van der Waals surface area (Å²) >= 11 is 0. The van der Waals surface area contributed by atoms with E-state index in [-0.39, 0.29) is 5.56 Å². The minimum atomic E-state index is -1.05. The zero-order valence-corrected chi connectivity index (χ0v) is 7.90. The first-order chi connectivity index (χ1) is 6.56.